The van der Waals surface area contributed by atoms with Gasteiger partial charge in [0.25, 0.3) is 0 Å². The molecule has 9 heteroatoms. The topological polar surface area (TPSA) is 81.2 Å². The Bertz CT molecular complexity index is 775. The molecule has 2 amide bonds. The zero-order chi connectivity index (χ0) is 21.4. The molecule has 1 aliphatic heterocycles. The maximum atomic E-state index is 12.7. The number of hydrogen-bond acceptors (Lipinski definition) is 5. The number of sulfonamides is 1. The number of rotatable bonds is 9. The minimum absolute atomic E-state index is 0.0291. The third kappa shape index (κ3) is 7.09. The summed E-state index contributed by atoms with van der Waals surface area (Å²) in [4.78, 5) is 29.7. The molecule has 8 nitrogen and oxygen atoms in total. The van der Waals surface area contributed by atoms with Crippen LogP contribution in [0.4, 0.5) is 0 Å². The van der Waals surface area contributed by atoms with E-state index in [1.165, 1.54) is 9.21 Å². The first-order valence-corrected chi connectivity index (χ1v) is 11.6. The molecule has 0 aliphatic carbocycles. The van der Waals surface area contributed by atoms with Crippen LogP contribution in [0.15, 0.2) is 30.3 Å². The van der Waals surface area contributed by atoms with Gasteiger partial charge in [0.15, 0.2) is 0 Å². The summed E-state index contributed by atoms with van der Waals surface area (Å²) in [6.45, 7) is 4.38. The molecule has 1 saturated heterocycles. The monoisotopic (exact) mass is 424 g/mol. The number of hydrogen-bond donors (Lipinski definition) is 0. The SMILES string of the molecule is CCCN(CC(=O)N(C)C)CC(=O)N1CCN(S(=O)(=O)Cc2ccccc2)CC1. The third-order valence-electron chi connectivity index (χ3n) is 4.93. The molecule has 0 unspecified atom stereocenters. The Morgan fingerprint density at radius 2 is 1.62 bits per heavy atom. The normalized spacial score (nSPS) is 15.5. The van der Waals surface area contributed by atoms with Crippen molar-refractivity contribution in [3.63, 3.8) is 0 Å². The zero-order valence-electron chi connectivity index (χ0n) is 17.6. The molecule has 0 bridgehead atoms. The zero-order valence-corrected chi connectivity index (χ0v) is 18.4. The molecule has 0 aromatic heterocycles. The van der Waals surface area contributed by atoms with E-state index in [-0.39, 0.29) is 30.7 Å². The summed E-state index contributed by atoms with van der Waals surface area (Å²) in [6.07, 6.45) is 0.847. The van der Waals surface area contributed by atoms with Crippen molar-refractivity contribution in [1.82, 2.24) is 19.0 Å². The van der Waals surface area contributed by atoms with Crippen LogP contribution >= 0.6 is 0 Å². The predicted octanol–water partition coefficient (Wildman–Crippen LogP) is 0.461. The van der Waals surface area contributed by atoms with Gasteiger partial charge in [0.05, 0.1) is 18.8 Å². The number of carbonyl (C=O) groups excluding carboxylic acids is 2. The summed E-state index contributed by atoms with van der Waals surface area (Å²) in [6, 6.07) is 9.10. The maximum absolute atomic E-state index is 12.7. The summed E-state index contributed by atoms with van der Waals surface area (Å²) in [5, 5.41) is 0. The Morgan fingerprint density at radius 1 is 1.00 bits per heavy atom. The molecule has 2 rings (SSSR count). The van der Waals surface area contributed by atoms with E-state index in [0.717, 1.165) is 12.0 Å². The van der Waals surface area contributed by atoms with Crippen LogP contribution in [-0.4, -0.2) is 99.1 Å². The van der Waals surface area contributed by atoms with E-state index in [1.807, 2.05) is 30.0 Å². The second-order valence-corrected chi connectivity index (χ2v) is 9.49. The summed E-state index contributed by atoms with van der Waals surface area (Å²) >= 11 is 0. The summed E-state index contributed by atoms with van der Waals surface area (Å²) in [5.74, 6) is -0.133. The average molecular weight is 425 g/mol. The van der Waals surface area contributed by atoms with Gasteiger partial charge in [0.1, 0.15) is 0 Å². The molecule has 0 radical (unpaired) electrons. The minimum atomic E-state index is -3.41. The van der Waals surface area contributed by atoms with Crippen LogP contribution in [0.1, 0.15) is 18.9 Å². The standard InChI is InChI=1S/C20H32N4O4S/c1-4-10-22(15-19(25)21(2)3)16-20(26)23-11-13-24(14-12-23)29(27,28)17-18-8-6-5-7-9-18/h5-9H,4,10-17H2,1-3H3. The lowest BCUT2D eigenvalue weighted by molar-refractivity contribution is -0.135. The fraction of sp³-hybridized carbons (Fsp3) is 0.600. The molecule has 1 aliphatic rings. The van der Waals surface area contributed by atoms with E-state index in [1.54, 1.807) is 31.1 Å². The maximum Gasteiger partial charge on any atom is 0.236 e. The molecule has 1 heterocycles. The van der Waals surface area contributed by atoms with E-state index in [0.29, 0.717) is 32.7 Å². The van der Waals surface area contributed by atoms with E-state index in [9.17, 15) is 18.0 Å². The number of benzene rings is 1. The van der Waals surface area contributed by atoms with Crippen molar-refractivity contribution in [1.29, 1.82) is 0 Å². The Morgan fingerprint density at radius 3 is 2.17 bits per heavy atom. The second-order valence-electron chi connectivity index (χ2n) is 7.52. The molecular formula is C20H32N4O4S. The predicted molar refractivity (Wildman–Crippen MR) is 113 cm³/mol. The lowest BCUT2D eigenvalue weighted by Crippen LogP contribution is -2.53. The van der Waals surface area contributed by atoms with Crippen LogP contribution in [-0.2, 0) is 25.4 Å². The van der Waals surface area contributed by atoms with Crippen molar-refractivity contribution in [3.05, 3.63) is 35.9 Å². The highest BCUT2D eigenvalue weighted by molar-refractivity contribution is 7.88. The van der Waals surface area contributed by atoms with Crippen molar-refractivity contribution in [2.45, 2.75) is 19.1 Å². The number of carbonyl (C=O) groups is 2. The van der Waals surface area contributed by atoms with Crippen LogP contribution in [0.25, 0.3) is 0 Å². The van der Waals surface area contributed by atoms with Gasteiger partial charge >= 0.3 is 0 Å². The van der Waals surface area contributed by atoms with Crippen LogP contribution < -0.4 is 0 Å². The minimum Gasteiger partial charge on any atom is -0.348 e. The number of likely N-dealkylation sites (N-methyl/N-ethyl adjacent to an activating group) is 1. The van der Waals surface area contributed by atoms with Gasteiger partial charge in [-0.3, -0.25) is 14.5 Å². The second kappa shape index (κ2) is 10.7. The van der Waals surface area contributed by atoms with Gasteiger partial charge in [-0.15, -0.1) is 0 Å². The molecular weight excluding hydrogens is 392 g/mol. The van der Waals surface area contributed by atoms with Gasteiger partial charge in [-0.05, 0) is 18.5 Å². The Labute approximate surface area is 174 Å². The van der Waals surface area contributed by atoms with Crippen molar-refractivity contribution in [2.24, 2.45) is 0 Å². The lowest BCUT2D eigenvalue weighted by Gasteiger charge is -2.35. The summed E-state index contributed by atoms with van der Waals surface area (Å²) in [7, 11) is -0.0122. The lowest BCUT2D eigenvalue weighted by atomic mass is 10.2. The molecule has 1 fully saturated rings. The highest BCUT2D eigenvalue weighted by Gasteiger charge is 2.29. The smallest absolute Gasteiger partial charge is 0.236 e. The van der Waals surface area contributed by atoms with E-state index >= 15 is 0 Å². The fourth-order valence-corrected chi connectivity index (χ4v) is 4.76. The third-order valence-corrected chi connectivity index (χ3v) is 6.78. The molecule has 162 valence electrons. The van der Waals surface area contributed by atoms with Gasteiger partial charge in [-0.2, -0.15) is 4.31 Å². The molecule has 0 atom stereocenters. The Balaban J connectivity index is 1.88. The van der Waals surface area contributed by atoms with Crippen LogP contribution in [0.2, 0.25) is 0 Å². The average Bonchev–Trinajstić information content (AvgIpc) is 2.68. The fourth-order valence-electron chi connectivity index (χ4n) is 3.25. The molecule has 29 heavy (non-hydrogen) atoms. The van der Waals surface area contributed by atoms with E-state index in [4.69, 9.17) is 0 Å². The van der Waals surface area contributed by atoms with E-state index in [2.05, 4.69) is 0 Å². The molecule has 0 spiro atoms. The van der Waals surface area contributed by atoms with Crippen molar-refractivity contribution >= 4 is 21.8 Å². The van der Waals surface area contributed by atoms with Gasteiger partial charge in [-0.25, -0.2) is 8.42 Å². The van der Waals surface area contributed by atoms with Crippen LogP contribution in [0.5, 0.6) is 0 Å². The number of piperazine rings is 1. The van der Waals surface area contributed by atoms with Gasteiger partial charge < -0.3 is 9.80 Å². The first-order valence-electron chi connectivity index (χ1n) is 9.95. The Hall–Kier alpha value is -1.97. The van der Waals surface area contributed by atoms with Crippen LogP contribution in [0, 0.1) is 0 Å². The van der Waals surface area contributed by atoms with Gasteiger partial charge in [-0.1, -0.05) is 37.3 Å². The number of nitrogens with zero attached hydrogens (tertiary/aromatic N) is 4. The van der Waals surface area contributed by atoms with Crippen molar-refractivity contribution in [2.75, 3.05) is 59.9 Å². The van der Waals surface area contributed by atoms with E-state index < -0.39 is 10.0 Å². The Kier molecular flexibility index (Phi) is 8.60. The first-order chi connectivity index (χ1) is 13.7. The first kappa shape index (κ1) is 23.3. The highest BCUT2D eigenvalue weighted by atomic mass is 32.2. The quantitative estimate of drug-likeness (QED) is 0.575. The summed E-state index contributed by atoms with van der Waals surface area (Å²) < 4.78 is 26.8. The van der Waals surface area contributed by atoms with Crippen LogP contribution in [0.3, 0.4) is 0 Å². The number of amides is 2. The molecule has 1 aromatic carbocycles. The van der Waals surface area contributed by atoms with Gasteiger partial charge in [0.2, 0.25) is 21.8 Å². The highest BCUT2D eigenvalue weighted by Crippen LogP contribution is 2.14. The van der Waals surface area contributed by atoms with Crippen molar-refractivity contribution in [3.8, 4) is 0 Å². The van der Waals surface area contributed by atoms with Crippen molar-refractivity contribution < 1.29 is 18.0 Å². The molecule has 0 saturated carbocycles. The largest absolute Gasteiger partial charge is 0.348 e. The molecule has 0 N–H and O–H groups in total. The summed E-state index contributed by atoms with van der Waals surface area (Å²) in [5.41, 5.74) is 0.756. The molecule has 1 aromatic rings. The van der Waals surface area contributed by atoms with Gasteiger partial charge in [0, 0.05) is 40.3 Å².